The van der Waals surface area contributed by atoms with E-state index in [0.717, 1.165) is 27.1 Å². The van der Waals surface area contributed by atoms with Crippen LogP contribution in [0.25, 0.3) is 21.7 Å². The third kappa shape index (κ3) is 4.54. The molecule has 4 aromatic rings. The zero-order valence-corrected chi connectivity index (χ0v) is 18.8. The van der Waals surface area contributed by atoms with E-state index in [-0.39, 0.29) is 11.6 Å². The molecule has 0 aliphatic carbocycles. The molecule has 32 heavy (non-hydrogen) atoms. The summed E-state index contributed by atoms with van der Waals surface area (Å²) in [6, 6.07) is 19.0. The second-order valence-corrected chi connectivity index (χ2v) is 8.72. The molecule has 1 aromatic heterocycles. The highest BCUT2D eigenvalue weighted by atomic mass is 35.5. The summed E-state index contributed by atoms with van der Waals surface area (Å²) in [7, 11) is 0. The van der Waals surface area contributed by atoms with E-state index in [1.165, 1.54) is 23.5 Å². The average Bonchev–Trinajstić information content (AvgIpc) is 3.17. The zero-order chi connectivity index (χ0) is 22.8. The van der Waals surface area contributed by atoms with Crippen LogP contribution in [0.5, 0.6) is 0 Å². The molecule has 1 heterocycles. The van der Waals surface area contributed by atoms with Crippen molar-refractivity contribution in [1.82, 2.24) is 4.98 Å². The number of aryl methyl sites for hydroxylation is 2. The number of carbonyl (C=O) groups is 1. The van der Waals surface area contributed by atoms with Gasteiger partial charge >= 0.3 is 0 Å². The van der Waals surface area contributed by atoms with E-state index in [4.69, 9.17) is 11.6 Å². The van der Waals surface area contributed by atoms with Gasteiger partial charge in [0.15, 0.2) is 5.13 Å². The quantitative estimate of drug-likeness (QED) is 0.257. The Kier molecular flexibility index (Phi) is 6.03. The van der Waals surface area contributed by atoms with E-state index in [9.17, 15) is 14.9 Å². The van der Waals surface area contributed by atoms with Crippen molar-refractivity contribution in [2.24, 2.45) is 0 Å². The number of carbonyl (C=O) groups excluding carboxylic acids is 1. The molecular weight excluding hydrogens is 446 g/mol. The van der Waals surface area contributed by atoms with Gasteiger partial charge in [0.05, 0.1) is 15.5 Å². The topological polar surface area (TPSA) is 85.1 Å². The first-order valence-corrected chi connectivity index (χ1v) is 10.9. The fourth-order valence-corrected chi connectivity index (χ4v) is 4.53. The van der Waals surface area contributed by atoms with Crippen LogP contribution in [0.3, 0.4) is 0 Å². The maximum absolute atomic E-state index is 12.7. The smallest absolute Gasteiger partial charge is 0.269 e. The van der Waals surface area contributed by atoms with Gasteiger partial charge in [-0.15, -0.1) is 0 Å². The average molecular weight is 464 g/mol. The summed E-state index contributed by atoms with van der Waals surface area (Å²) in [4.78, 5) is 28.8. The Morgan fingerprint density at radius 1 is 1.03 bits per heavy atom. The molecule has 0 saturated carbocycles. The molecule has 0 aliphatic heterocycles. The lowest BCUT2D eigenvalue weighted by Crippen LogP contribution is -2.11. The summed E-state index contributed by atoms with van der Waals surface area (Å²) in [5.74, 6) is -0.294. The molecule has 0 radical (unpaired) electrons. The lowest BCUT2D eigenvalue weighted by Gasteiger charge is -2.07. The van der Waals surface area contributed by atoms with Crippen molar-refractivity contribution in [3.8, 4) is 21.7 Å². The lowest BCUT2D eigenvalue weighted by atomic mass is 10.0. The van der Waals surface area contributed by atoms with E-state index >= 15 is 0 Å². The molecule has 0 aliphatic rings. The van der Waals surface area contributed by atoms with Crippen LogP contribution in [-0.2, 0) is 0 Å². The molecule has 6 nitrogen and oxygen atoms in total. The van der Waals surface area contributed by atoms with Crippen molar-refractivity contribution in [3.05, 3.63) is 98.6 Å². The summed E-state index contributed by atoms with van der Waals surface area (Å²) >= 11 is 7.27. The number of hydrogen-bond acceptors (Lipinski definition) is 5. The van der Waals surface area contributed by atoms with Crippen molar-refractivity contribution < 1.29 is 9.72 Å². The van der Waals surface area contributed by atoms with Crippen LogP contribution in [0.4, 0.5) is 10.8 Å². The van der Waals surface area contributed by atoms with Gasteiger partial charge in [-0.3, -0.25) is 20.2 Å². The highest BCUT2D eigenvalue weighted by Gasteiger charge is 2.19. The van der Waals surface area contributed by atoms with E-state index < -0.39 is 4.92 Å². The normalized spacial score (nSPS) is 10.7. The van der Waals surface area contributed by atoms with Crippen LogP contribution in [0.15, 0.2) is 66.7 Å². The van der Waals surface area contributed by atoms with E-state index in [0.29, 0.717) is 21.4 Å². The number of amides is 1. The molecule has 1 N–H and O–H groups in total. The number of nitrogens with one attached hydrogen (secondary N) is 1. The SMILES string of the molecule is Cc1ccc(-c2sc(NC(=O)c3ccc(Cl)cc3)nc2-c2ccc([N+](=O)[O-])cc2)c(C)c1. The van der Waals surface area contributed by atoms with E-state index in [2.05, 4.69) is 16.4 Å². The number of aromatic nitrogens is 1. The fourth-order valence-electron chi connectivity index (χ4n) is 3.33. The monoisotopic (exact) mass is 463 g/mol. The number of hydrogen-bond donors (Lipinski definition) is 1. The fraction of sp³-hybridized carbons (Fsp3) is 0.0833. The molecule has 1 amide bonds. The first-order chi connectivity index (χ1) is 15.3. The molecule has 3 aromatic carbocycles. The Bertz CT molecular complexity index is 1320. The minimum atomic E-state index is -0.437. The molecular formula is C24H18ClN3O3S. The predicted molar refractivity (Wildman–Crippen MR) is 129 cm³/mol. The maximum Gasteiger partial charge on any atom is 0.269 e. The van der Waals surface area contributed by atoms with Crippen LogP contribution in [0.1, 0.15) is 21.5 Å². The van der Waals surface area contributed by atoms with Crippen LogP contribution in [-0.4, -0.2) is 15.8 Å². The maximum atomic E-state index is 12.7. The second-order valence-electron chi connectivity index (χ2n) is 7.28. The Morgan fingerprint density at radius 3 is 2.34 bits per heavy atom. The van der Waals surface area contributed by atoms with Gasteiger partial charge in [0.25, 0.3) is 11.6 Å². The van der Waals surface area contributed by atoms with Crippen molar-refractivity contribution in [1.29, 1.82) is 0 Å². The largest absolute Gasteiger partial charge is 0.298 e. The third-order valence-electron chi connectivity index (χ3n) is 4.93. The van der Waals surface area contributed by atoms with Crippen LogP contribution in [0.2, 0.25) is 5.02 Å². The molecule has 160 valence electrons. The van der Waals surface area contributed by atoms with Crippen molar-refractivity contribution >= 4 is 39.7 Å². The molecule has 0 spiro atoms. The molecule has 0 saturated heterocycles. The number of non-ortho nitro benzene ring substituents is 1. The summed E-state index contributed by atoms with van der Waals surface area (Å²) in [5.41, 5.74) is 5.07. The van der Waals surface area contributed by atoms with Crippen molar-refractivity contribution in [3.63, 3.8) is 0 Å². The molecule has 0 fully saturated rings. The van der Waals surface area contributed by atoms with Gasteiger partial charge in [0, 0.05) is 28.3 Å². The number of nitro groups is 1. The van der Waals surface area contributed by atoms with Gasteiger partial charge in [-0.2, -0.15) is 0 Å². The van der Waals surface area contributed by atoms with Crippen LogP contribution >= 0.6 is 22.9 Å². The summed E-state index contributed by atoms with van der Waals surface area (Å²) in [6.07, 6.45) is 0. The van der Waals surface area contributed by atoms with Crippen LogP contribution in [0, 0.1) is 24.0 Å². The van der Waals surface area contributed by atoms with Gasteiger partial charge in [0.2, 0.25) is 0 Å². The summed E-state index contributed by atoms with van der Waals surface area (Å²) in [6.45, 7) is 4.05. The zero-order valence-electron chi connectivity index (χ0n) is 17.3. The number of nitrogens with zero attached hydrogens (tertiary/aromatic N) is 2. The first kappa shape index (κ1) is 21.7. The Labute approximate surface area is 193 Å². The van der Waals surface area contributed by atoms with Crippen molar-refractivity contribution in [2.75, 3.05) is 5.32 Å². The minimum absolute atomic E-state index is 0.00770. The Morgan fingerprint density at radius 2 is 1.72 bits per heavy atom. The van der Waals surface area contributed by atoms with Gasteiger partial charge in [-0.25, -0.2) is 4.98 Å². The molecule has 0 atom stereocenters. The number of anilines is 1. The lowest BCUT2D eigenvalue weighted by molar-refractivity contribution is -0.384. The number of benzene rings is 3. The first-order valence-electron chi connectivity index (χ1n) is 9.72. The number of rotatable bonds is 5. The second kappa shape index (κ2) is 8.90. The number of nitro benzene ring substituents is 1. The number of thiazole rings is 1. The summed E-state index contributed by atoms with van der Waals surface area (Å²) < 4.78 is 0. The Balaban J connectivity index is 1.76. The molecule has 4 rings (SSSR count). The molecule has 0 unspecified atom stereocenters. The van der Waals surface area contributed by atoms with Gasteiger partial charge in [-0.1, -0.05) is 46.7 Å². The number of halogens is 1. The summed E-state index contributed by atoms with van der Waals surface area (Å²) in [5, 5.41) is 14.9. The predicted octanol–water partition coefficient (Wildman–Crippen LogP) is 6.91. The van der Waals surface area contributed by atoms with E-state index in [1.54, 1.807) is 36.4 Å². The standard InChI is InChI=1S/C24H18ClN3O3S/c1-14-3-12-20(15(2)13-14)22-21(16-6-10-19(11-7-16)28(30)31)26-24(32-22)27-23(29)17-4-8-18(25)9-5-17/h3-13H,1-2H3,(H,26,27,29). The van der Waals surface area contributed by atoms with Crippen molar-refractivity contribution in [2.45, 2.75) is 13.8 Å². The highest BCUT2D eigenvalue weighted by Crippen LogP contribution is 2.41. The van der Waals surface area contributed by atoms with Gasteiger partial charge in [-0.05, 0) is 61.4 Å². The minimum Gasteiger partial charge on any atom is -0.298 e. The third-order valence-corrected chi connectivity index (χ3v) is 6.19. The van der Waals surface area contributed by atoms with Crippen LogP contribution < -0.4 is 5.32 Å². The molecule has 0 bridgehead atoms. The van der Waals surface area contributed by atoms with Gasteiger partial charge in [0.1, 0.15) is 0 Å². The van der Waals surface area contributed by atoms with Gasteiger partial charge < -0.3 is 0 Å². The molecule has 8 heteroatoms. The Hall–Kier alpha value is -3.55. The van der Waals surface area contributed by atoms with E-state index in [1.807, 2.05) is 26.0 Å². The highest BCUT2D eigenvalue weighted by molar-refractivity contribution is 7.19.